The molecule has 0 amide bonds. The molecular weight excluding hydrogens is 249 g/mol. The van der Waals surface area contributed by atoms with Gasteiger partial charge in [-0.05, 0) is 23.6 Å². The summed E-state index contributed by atoms with van der Waals surface area (Å²) < 4.78 is 17.9. The van der Waals surface area contributed by atoms with E-state index in [1.54, 1.807) is 6.07 Å². The van der Waals surface area contributed by atoms with Gasteiger partial charge in [0.15, 0.2) is 11.6 Å². The molecule has 2 unspecified atom stereocenters. The van der Waals surface area contributed by atoms with Crippen LogP contribution in [-0.4, -0.2) is 24.2 Å². The summed E-state index contributed by atoms with van der Waals surface area (Å²) in [6.45, 7) is 4.27. The van der Waals surface area contributed by atoms with Gasteiger partial charge in [-0.3, -0.25) is 4.79 Å². The van der Waals surface area contributed by atoms with E-state index in [0.29, 0.717) is 12.1 Å². The lowest BCUT2D eigenvalue weighted by Gasteiger charge is -2.22. The number of benzene rings is 1. The standard InChI is InChI=1S/C14H20FNO3/c1-4-9(2)13(14(18)19-3)16-8-10-5-6-12(17)11(15)7-10/h5-7,9,13,16-17H,4,8H2,1-3H3. The van der Waals surface area contributed by atoms with E-state index < -0.39 is 11.9 Å². The molecule has 4 nitrogen and oxygen atoms in total. The van der Waals surface area contributed by atoms with Gasteiger partial charge in [0.05, 0.1) is 7.11 Å². The van der Waals surface area contributed by atoms with Crippen molar-refractivity contribution in [3.05, 3.63) is 29.6 Å². The Labute approximate surface area is 112 Å². The number of methoxy groups -OCH3 is 1. The van der Waals surface area contributed by atoms with Crippen LogP contribution in [0.2, 0.25) is 0 Å². The SMILES string of the molecule is CCC(C)C(NCc1ccc(O)c(F)c1)C(=O)OC. The Morgan fingerprint density at radius 2 is 2.21 bits per heavy atom. The fourth-order valence-corrected chi connectivity index (χ4v) is 1.77. The van der Waals surface area contributed by atoms with Gasteiger partial charge in [0.2, 0.25) is 0 Å². The smallest absolute Gasteiger partial charge is 0.323 e. The highest BCUT2D eigenvalue weighted by atomic mass is 19.1. The number of phenols is 1. The number of ether oxygens (including phenoxy) is 1. The van der Waals surface area contributed by atoms with Crippen molar-refractivity contribution in [2.24, 2.45) is 5.92 Å². The minimum absolute atomic E-state index is 0.120. The van der Waals surface area contributed by atoms with Crippen molar-refractivity contribution in [2.75, 3.05) is 7.11 Å². The Morgan fingerprint density at radius 3 is 2.74 bits per heavy atom. The second-order valence-electron chi connectivity index (χ2n) is 4.55. The summed E-state index contributed by atoms with van der Waals surface area (Å²) in [6.07, 6.45) is 0.830. The number of carbonyl (C=O) groups excluding carboxylic acids is 1. The molecule has 2 N–H and O–H groups in total. The van der Waals surface area contributed by atoms with Gasteiger partial charge in [0, 0.05) is 6.54 Å². The third kappa shape index (κ3) is 4.21. The first-order valence-electron chi connectivity index (χ1n) is 6.28. The number of phenolic OH excluding ortho intramolecular Hbond substituents is 1. The normalized spacial score (nSPS) is 13.9. The maximum Gasteiger partial charge on any atom is 0.323 e. The van der Waals surface area contributed by atoms with Crippen LogP contribution < -0.4 is 5.32 Å². The number of hydrogen-bond acceptors (Lipinski definition) is 4. The van der Waals surface area contributed by atoms with Crippen LogP contribution in [0.4, 0.5) is 4.39 Å². The number of rotatable bonds is 6. The van der Waals surface area contributed by atoms with Gasteiger partial charge in [-0.1, -0.05) is 26.3 Å². The van der Waals surface area contributed by atoms with E-state index in [1.807, 2.05) is 13.8 Å². The van der Waals surface area contributed by atoms with Crippen LogP contribution in [0.3, 0.4) is 0 Å². The highest BCUT2D eigenvalue weighted by molar-refractivity contribution is 5.75. The number of aromatic hydroxyl groups is 1. The number of carbonyl (C=O) groups is 1. The van der Waals surface area contributed by atoms with Crippen molar-refractivity contribution in [1.82, 2.24) is 5.32 Å². The summed E-state index contributed by atoms with van der Waals surface area (Å²) in [5, 5.41) is 12.2. The van der Waals surface area contributed by atoms with Crippen molar-refractivity contribution in [1.29, 1.82) is 0 Å². The average molecular weight is 269 g/mol. The van der Waals surface area contributed by atoms with E-state index >= 15 is 0 Å². The molecule has 1 aromatic rings. The van der Waals surface area contributed by atoms with Crippen LogP contribution in [0.5, 0.6) is 5.75 Å². The molecule has 1 rings (SSSR count). The lowest BCUT2D eigenvalue weighted by Crippen LogP contribution is -2.42. The molecule has 19 heavy (non-hydrogen) atoms. The Hall–Kier alpha value is -1.62. The number of hydrogen-bond donors (Lipinski definition) is 2. The molecule has 1 aromatic carbocycles. The first kappa shape index (κ1) is 15.4. The largest absolute Gasteiger partial charge is 0.505 e. The van der Waals surface area contributed by atoms with Crippen molar-refractivity contribution < 1.29 is 19.0 Å². The van der Waals surface area contributed by atoms with Crippen LogP contribution in [-0.2, 0) is 16.1 Å². The van der Waals surface area contributed by atoms with Crippen LogP contribution in [0.25, 0.3) is 0 Å². The summed E-state index contributed by atoms with van der Waals surface area (Å²) >= 11 is 0. The highest BCUT2D eigenvalue weighted by Gasteiger charge is 2.24. The van der Waals surface area contributed by atoms with Crippen molar-refractivity contribution >= 4 is 5.97 Å². The minimum atomic E-state index is -0.669. The molecule has 5 heteroatoms. The van der Waals surface area contributed by atoms with E-state index in [4.69, 9.17) is 9.84 Å². The third-order valence-electron chi connectivity index (χ3n) is 3.21. The maximum absolute atomic E-state index is 13.2. The molecule has 0 saturated carbocycles. The number of halogens is 1. The molecule has 0 fully saturated rings. The molecule has 2 atom stereocenters. The molecule has 0 radical (unpaired) electrons. The highest BCUT2D eigenvalue weighted by Crippen LogP contribution is 2.17. The molecule has 0 aromatic heterocycles. The van der Waals surface area contributed by atoms with E-state index in [-0.39, 0.29) is 17.6 Å². The molecule has 106 valence electrons. The van der Waals surface area contributed by atoms with Gasteiger partial charge < -0.3 is 15.2 Å². The third-order valence-corrected chi connectivity index (χ3v) is 3.21. The molecule has 0 bridgehead atoms. The summed E-state index contributed by atoms with van der Waals surface area (Å²) in [7, 11) is 1.35. The Morgan fingerprint density at radius 1 is 1.53 bits per heavy atom. The van der Waals surface area contributed by atoms with Crippen molar-refractivity contribution in [2.45, 2.75) is 32.9 Å². The maximum atomic E-state index is 13.2. The van der Waals surface area contributed by atoms with Crippen molar-refractivity contribution in [3.63, 3.8) is 0 Å². The van der Waals surface area contributed by atoms with E-state index in [1.165, 1.54) is 19.2 Å². The Balaban J connectivity index is 2.70. The van der Waals surface area contributed by atoms with Crippen LogP contribution in [0, 0.1) is 11.7 Å². The average Bonchev–Trinajstić information content (AvgIpc) is 2.42. The van der Waals surface area contributed by atoms with Crippen LogP contribution >= 0.6 is 0 Å². The minimum Gasteiger partial charge on any atom is -0.505 e. The molecule has 0 aliphatic rings. The first-order chi connectivity index (χ1) is 8.99. The quantitative estimate of drug-likeness (QED) is 0.777. The number of nitrogens with one attached hydrogen (secondary N) is 1. The first-order valence-corrected chi connectivity index (χ1v) is 6.28. The van der Waals surface area contributed by atoms with Gasteiger partial charge in [-0.2, -0.15) is 0 Å². The predicted molar refractivity (Wildman–Crippen MR) is 70.2 cm³/mol. The zero-order chi connectivity index (χ0) is 14.4. The van der Waals surface area contributed by atoms with E-state index in [9.17, 15) is 9.18 Å². The summed E-state index contributed by atoms with van der Waals surface area (Å²) in [6, 6.07) is 3.72. The molecule has 0 aliphatic heterocycles. The molecule has 0 saturated heterocycles. The monoisotopic (exact) mass is 269 g/mol. The Kier molecular flexibility index (Phi) is 5.76. The lowest BCUT2D eigenvalue weighted by atomic mass is 9.99. The van der Waals surface area contributed by atoms with E-state index in [0.717, 1.165) is 6.42 Å². The molecule has 0 spiro atoms. The van der Waals surface area contributed by atoms with Gasteiger partial charge in [-0.15, -0.1) is 0 Å². The van der Waals surface area contributed by atoms with Gasteiger partial charge in [-0.25, -0.2) is 4.39 Å². The van der Waals surface area contributed by atoms with Crippen LogP contribution in [0.15, 0.2) is 18.2 Å². The second-order valence-corrected chi connectivity index (χ2v) is 4.55. The summed E-state index contributed by atoms with van der Waals surface area (Å²) in [4.78, 5) is 11.7. The zero-order valence-electron chi connectivity index (χ0n) is 11.4. The molecule has 0 aliphatic carbocycles. The fourth-order valence-electron chi connectivity index (χ4n) is 1.77. The predicted octanol–water partition coefficient (Wildman–Crippen LogP) is 2.21. The van der Waals surface area contributed by atoms with Gasteiger partial charge >= 0.3 is 5.97 Å². The van der Waals surface area contributed by atoms with Crippen LogP contribution in [0.1, 0.15) is 25.8 Å². The van der Waals surface area contributed by atoms with Gasteiger partial charge in [0.25, 0.3) is 0 Å². The fraction of sp³-hybridized carbons (Fsp3) is 0.500. The lowest BCUT2D eigenvalue weighted by molar-refractivity contribution is -0.144. The van der Waals surface area contributed by atoms with Crippen molar-refractivity contribution in [3.8, 4) is 5.75 Å². The molecule has 0 heterocycles. The second kappa shape index (κ2) is 7.09. The number of esters is 1. The van der Waals surface area contributed by atoms with Gasteiger partial charge in [0.1, 0.15) is 6.04 Å². The molecular formula is C14H20FNO3. The summed E-state index contributed by atoms with van der Waals surface area (Å²) in [5.74, 6) is -1.25. The summed E-state index contributed by atoms with van der Waals surface area (Å²) in [5.41, 5.74) is 0.660. The van der Waals surface area contributed by atoms with E-state index in [2.05, 4.69) is 5.32 Å². The Bertz CT molecular complexity index is 437. The zero-order valence-corrected chi connectivity index (χ0v) is 11.4. The topological polar surface area (TPSA) is 58.6 Å².